The number of esters is 1. The lowest BCUT2D eigenvalue weighted by Gasteiger charge is -2.31. The van der Waals surface area contributed by atoms with Crippen LogP contribution in [0.1, 0.15) is 68.6 Å². The van der Waals surface area contributed by atoms with E-state index in [0.29, 0.717) is 38.1 Å². The van der Waals surface area contributed by atoms with Crippen LogP contribution in [0.2, 0.25) is 0 Å². The van der Waals surface area contributed by atoms with Crippen molar-refractivity contribution in [3.05, 3.63) is 35.9 Å². The lowest BCUT2D eigenvalue weighted by molar-refractivity contribution is -0.150. The zero-order valence-electron chi connectivity index (χ0n) is 15.4. The molecular formula is C21H31NO3. The van der Waals surface area contributed by atoms with E-state index in [-0.39, 0.29) is 17.8 Å². The molecule has 1 heterocycles. The van der Waals surface area contributed by atoms with E-state index in [1.54, 1.807) is 0 Å². The van der Waals surface area contributed by atoms with Crippen LogP contribution in [0.25, 0.3) is 0 Å². The summed E-state index contributed by atoms with van der Waals surface area (Å²) >= 11 is 0. The number of benzene rings is 1. The van der Waals surface area contributed by atoms with Crippen LogP contribution in [0.4, 0.5) is 0 Å². The Balaban J connectivity index is 1.62. The van der Waals surface area contributed by atoms with Crippen LogP contribution in [0.5, 0.6) is 0 Å². The largest absolute Gasteiger partial charge is 0.465 e. The Kier molecular flexibility index (Phi) is 8.50. The minimum Gasteiger partial charge on any atom is -0.465 e. The van der Waals surface area contributed by atoms with Gasteiger partial charge in [0.25, 0.3) is 5.91 Å². The van der Waals surface area contributed by atoms with Crippen molar-refractivity contribution in [3.8, 4) is 0 Å². The molecule has 1 aliphatic rings. The highest BCUT2D eigenvalue weighted by atomic mass is 16.5. The summed E-state index contributed by atoms with van der Waals surface area (Å²) in [6, 6.07) is 9.33. The SMILES string of the molecule is CCCCCCCCOC(=O)C1CCN(C(=O)c2ccccc2)CC1. The Morgan fingerprint density at radius 1 is 1.00 bits per heavy atom. The summed E-state index contributed by atoms with van der Waals surface area (Å²) in [4.78, 5) is 26.4. The fourth-order valence-electron chi connectivity index (χ4n) is 3.25. The van der Waals surface area contributed by atoms with E-state index in [1.165, 1.54) is 25.7 Å². The molecule has 4 heteroatoms. The predicted molar refractivity (Wildman–Crippen MR) is 99.4 cm³/mol. The van der Waals surface area contributed by atoms with Gasteiger partial charge < -0.3 is 9.64 Å². The van der Waals surface area contributed by atoms with Gasteiger partial charge in [-0.1, -0.05) is 57.2 Å². The Labute approximate surface area is 151 Å². The molecule has 0 atom stereocenters. The molecule has 4 nitrogen and oxygen atoms in total. The molecule has 0 bridgehead atoms. The molecule has 0 aliphatic carbocycles. The molecule has 1 saturated heterocycles. The summed E-state index contributed by atoms with van der Waals surface area (Å²) in [5.74, 6) is -0.0835. The van der Waals surface area contributed by atoms with Gasteiger partial charge in [-0.05, 0) is 31.4 Å². The van der Waals surface area contributed by atoms with Crippen LogP contribution >= 0.6 is 0 Å². The molecule has 0 saturated carbocycles. The van der Waals surface area contributed by atoms with Crippen molar-refractivity contribution in [1.82, 2.24) is 4.90 Å². The molecular weight excluding hydrogens is 314 g/mol. The quantitative estimate of drug-likeness (QED) is 0.491. The van der Waals surface area contributed by atoms with Crippen molar-refractivity contribution in [2.24, 2.45) is 5.92 Å². The molecule has 2 rings (SSSR count). The minimum absolute atomic E-state index is 0.0551. The number of carbonyl (C=O) groups is 2. The van der Waals surface area contributed by atoms with Crippen molar-refractivity contribution >= 4 is 11.9 Å². The zero-order chi connectivity index (χ0) is 17.9. The van der Waals surface area contributed by atoms with Gasteiger partial charge in [0, 0.05) is 18.7 Å². The lowest BCUT2D eigenvalue weighted by Crippen LogP contribution is -2.40. The van der Waals surface area contributed by atoms with E-state index in [2.05, 4.69) is 6.92 Å². The van der Waals surface area contributed by atoms with Gasteiger partial charge in [-0.3, -0.25) is 9.59 Å². The van der Waals surface area contributed by atoms with Crippen molar-refractivity contribution < 1.29 is 14.3 Å². The molecule has 1 aromatic carbocycles. The van der Waals surface area contributed by atoms with Gasteiger partial charge in [0.15, 0.2) is 0 Å². The maximum atomic E-state index is 12.4. The highest BCUT2D eigenvalue weighted by Crippen LogP contribution is 2.20. The van der Waals surface area contributed by atoms with Crippen molar-refractivity contribution in [1.29, 1.82) is 0 Å². The number of amides is 1. The van der Waals surface area contributed by atoms with Crippen LogP contribution in [0.15, 0.2) is 30.3 Å². The topological polar surface area (TPSA) is 46.6 Å². The van der Waals surface area contributed by atoms with Crippen LogP contribution in [0, 0.1) is 5.92 Å². The third kappa shape index (κ3) is 6.52. The Morgan fingerprint density at radius 3 is 2.32 bits per heavy atom. The lowest BCUT2D eigenvalue weighted by atomic mass is 9.96. The van der Waals surface area contributed by atoms with Gasteiger partial charge >= 0.3 is 5.97 Å². The number of piperidine rings is 1. The maximum Gasteiger partial charge on any atom is 0.309 e. The van der Waals surface area contributed by atoms with E-state index in [1.807, 2.05) is 35.2 Å². The smallest absolute Gasteiger partial charge is 0.309 e. The third-order valence-corrected chi connectivity index (χ3v) is 4.88. The van der Waals surface area contributed by atoms with Gasteiger partial charge in [-0.25, -0.2) is 0 Å². The fraction of sp³-hybridized carbons (Fsp3) is 0.619. The van der Waals surface area contributed by atoms with E-state index in [4.69, 9.17) is 4.74 Å². The van der Waals surface area contributed by atoms with Crippen LogP contribution in [-0.2, 0) is 9.53 Å². The van der Waals surface area contributed by atoms with Crippen molar-refractivity contribution in [3.63, 3.8) is 0 Å². The number of carbonyl (C=O) groups excluding carboxylic acids is 2. The number of nitrogens with zero attached hydrogens (tertiary/aromatic N) is 1. The second-order valence-electron chi connectivity index (χ2n) is 6.87. The summed E-state index contributed by atoms with van der Waals surface area (Å²) in [7, 11) is 0. The first-order chi connectivity index (χ1) is 12.2. The van der Waals surface area contributed by atoms with Gasteiger partial charge in [-0.15, -0.1) is 0 Å². The highest BCUT2D eigenvalue weighted by Gasteiger charge is 2.28. The van der Waals surface area contributed by atoms with Crippen molar-refractivity contribution in [2.75, 3.05) is 19.7 Å². The molecule has 1 aromatic rings. The molecule has 0 radical (unpaired) electrons. The minimum atomic E-state index is -0.0830. The summed E-state index contributed by atoms with van der Waals surface area (Å²) in [5.41, 5.74) is 0.714. The number of rotatable bonds is 9. The molecule has 0 unspecified atom stereocenters. The average molecular weight is 345 g/mol. The highest BCUT2D eigenvalue weighted by molar-refractivity contribution is 5.94. The summed E-state index contributed by atoms with van der Waals surface area (Å²) in [6.07, 6.45) is 8.55. The Hall–Kier alpha value is -1.84. The monoisotopic (exact) mass is 345 g/mol. The average Bonchev–Trinajstić information content (AvgIpc) is 2.67. The van der Waals surface area contributed by atoms with E-state index in [9.17, 15) is 9.59 Å². The molecule has 25 heavy (non-hydrogen) atoms. The van der Waals surface area contributed by atoms with Crippen LogP contribution in [-0.4, -0.2) is 36.5 Å². The first-order valence-corrected chi connectivity index (χ1v) is 9.73. The molecule has 0 N–H and O–H groups in total. The molecule has 138 valence electrons. The molecule has 1 fully saturated rings. The van der Waals surface area contributed by atoms with Gasteiger partial charge in [-0.2, -0.15) is 0 Å². The van der Waals surface area contributed by atoms with E-state index < -0.39 is 0 Å². The third-order valence-electron chi connectivity index (χ3n) is 4.88. The standard InChI is InChI=1S/C21H31NO3/c1-2-3-4-5-6-10-17-25-21(24)19-13-15-22(16-14-19)20(23)18-11-8-7-9-12-18/h7-9,11-12,19H,2-6,10,13-17H2,1H3. The number of ether oxygens (including phenoxy) is 1. The van der Waals surface area contributed by atoms with E-state index >= 15 is 0 Å². The fourth-order valence-corrected chi connectivity index (χ4v) is 3.25. The summed E-state index contributed by atoms with van der Waals surface area (Å²) < 4.78 is 5.43. The molecule has 0 spiro atoms. The first-order valence-electron chi connectivity index (χ1n) is 9.73. The molecule has 1 amide bonds. The zero-order valence-corrected chi connectivity index (χ0v) is 15.4. The Morgan fingerprint density at radius 2 is 1.64 bits per heavy atom. The molecule has 0 aromatic heterocycles. The number of likely N-dealkylation sites (tertiary alicyclic amines) is 1. The molecule has 1 aliphatic heterocycles. The second kappa shape index (κ2) is 10.9. The summed E-state index contributed by atoms with van der Waals surface area (Å²) in [5, 5.41) is 0. The van der Waals surface area contributed by atoms with Gasteiger partial charge in [0.05, 0.1) is 12.5 Å². The van der Waals surface area contributed by atoms with Crippen molar-refractivity contribution in [2.45, 2.75) is 58.3 Å². The first kappa shape index (κ1) is 19.5. The normalized spacial score (nSPS) is 15.2. The number of hydrogen-bond donors (Lipinski definition) is 0. The predicted octanol–water partition coefficient (Wildman–Crippen LogP) is 4.44. The van der Waals surface area contributed by atoms with Gasteiger partial charge in [0.2, 0.25) is 0 Å². The maximum absolute atomic E-state index is 12.4. The number of hydrogen-bond acceptors (Lipinski definition) is 3. The van der Waals surface area contributed by atoms with Crippen LogP contribution in [0.3, 0.4) is 0 Å². The second-order valence-corrected chi connectivity index (χ2v) is 6.87. The summed E-state index contributed by atoms with van der Waals surface area (Å²) in [6.45, 7) is 4.00. The van der Waals surface area contributed by atoms with Crippen LogP contribution < -0.4 is 0 Å². The Bertz CT molecular complexity index is 521. The van der Waals surface area contributed by atoms with Gasteiger partial charge in [0.1, 0.15) is 0 Å². The van der Waals surface area contributed by atoms with E-state index in [0.717, 1.165) is 12.8 Å². The number of unbranched alkanes of at least 4 members (excludes halogenated alkanes) is 5.